The second-order valence-corrected chi connectivity index (χ2v) is 7.16. The number of ether oxygens (including phenoxy) is 2. The molecule has 5 nitrogen and oxygen atoms in total. The van der Waals surface area contributed by atoms with Crippen LogP contribution in [0.15, 0.2) is 54.6 Å². The fraction of sp³-hybridized carbons (Fsp3) is 0.227. The molecule has 1 amide bonds. The third-order valence-electron chi connectivity index (χ3n) is 4.52. The topological polar surface area (TPSA) is 52.0 Å². The second kappa shape index (κ2) is 8.95. The van der Waals surface area contributed by atoms with E-state index in [0.717, 1.165) is 28.0 Å². The van der Waals surface area contributed by atoms with Gasteiger partial charge in [-0.25, -0.2) is 0 Å². The molecule has 1 unspecified atom stereocenters. The van der Waals surface area contributed by atoms with E-state index < -0.39 is 0 Å². The van der Waals surface area contributed by atoms with Crippen LogP contribution in [0.1, 0.15) is 5.56 Å². The van der Waals surface area contributed by atoms with E-state index in [1.807, 2.05) is 25.2 Å². The summed E-state index contributed by atoms with van der Waals surface area (Å²) in [5.41, 5.74) is 1.83. The predicted octanol–water partition coefficient (Wildman–Crippen LogP) is 3.16. The van der Waals surface area contributed by atoms with Crippen LogP contribution >= 0.6 is 11.6 Å². The highest BCUT2D eigenvalue weighted by molar-refractivity contribution is 6.32. The van der Waals surface area contributed by atoms with Gasteiger partial charge in [0.1, 0.15) is 18.0 Å². The summed E-state index contributed by atoms with van der Waals surface area (Å²) < 4.78 is 10.4. The molecule has 0 aromatic heterocycles. The summed E-state index contributed by atoms with van der Waals surface area (Å²) in [5.74, 6) is 1.36. The van der Waals surface area contributed by atoms with Gasteiger partial charge in [0.2, 0.25) is 0 Å². The molecule has 0 aliphatic rings. The number of methoxy groups -OCH3 is 2. The number of benzene rings is 3. The van der Waals surface area contributed by atoms with Gasteiger partial charge in [-0.1, -0.05) is 29.8 Å². The number of rotatable bonds is 7. The van der Waals surface area contributed by atoms with Gasteiger partial charge in [0.05, 0.1) is 26.3 Å². The first-order valence-electron chi connectivity index (χ1n) is 9.00. The second-order valence-electron chi connectivity index (χ2n) is 6.76. The van der Waals surface area contributed by atoms with Crippen molar-refractivity contribution in [1.82, 2.24) is 0 Å². The third-order valence-corrected chi connectivity index (χ3v) is 4.81. The summed E-state index contributed by atoms with van der Waals surface area (Å²) in [4.78, 5) is 13.4. The highest BCUT2D eigenvalue weighted by atomic mass is 35.5. The van der Waals surface area contributed by atoms with Gasteiger partial charge in [0.15, 0.2) is 6.54 Å². The molecule has 28 heavy (non-hydrogen) atoms. The Labute approximate surface area is 169 Å². The van der Waals surface area contributed by atoms with E-state index in [-0.39, 0.29) is 5.91 Å². The Bertz CT molecular complexity index is 991. The molecule has 3 rings (SSSR count). The number of hydrogen-bond donors (Lipinski definition) is 2. The smallest absolute Gasteiger partial charge is 0.279 e. The average molecular weight is 400 g/mol. The van der Waals surface area contributed by atoms with E-state index in [1.165, 1.54) is 5.56 Å². The highest BCUT2D eigenvalue weighted by Gasteiger charge is 2.12. The molecule has 0 fully saturated rings. The van der Waals surface area contributed by atoms with Gasteiger partial charge >= 0.3 is 0 Å². The zero-order chi connectivity index (χ0) is 20.1. The Morgan fingerprint density at radius 2 is 1.75 bits per heavy atom. The van der Waals surface area contributed by atoms with E-state index in [4.69, 9.17) is 21.1 Å². The summed E-state index contributed by atoms with van der Waals surface area (Å²) in [5, 5.41) is 5.64. The standard InChI is InChI=1S/C22H23ClN2O3/c1-25(14-22(26)24-18-7-9-21(28-3)20(23)12-18)13-15-4-5-17-11-19(27-2)8-6-16(17)10-15/h4-12H,13-14H2,1-3H3,(H,24,26)/p+1. The van der Waals surface area contributed by atoms with Crippen molar-refractivity contribution in [2.45, 2.75) is 6.54 Å². The molecule has 0 aliphatic carbocycles. The SMILES string of the molecule is COc1ccc2cc(C[NH+](C)CC(=O)Nc3ccc(OC)c(Cl)c3)ccc2c1. The molecular weight excluding hydrogens is 376 g/mol. The molecule has 0 bridgehead atoms. The van der Waals surface area contributed by atoms with Gasteiger partial charge in [-0.2, -0.15) is 0 Å². The summed E-state index contributed by atoms with van der Waals surface area (Å²) in [6.07, 6.45) is 0. The van der Waals surface area contributed by atoms with Crippen LogP contribution in [0, 0.1) is 0 Å². The first-order chi connectivity index (χ1) is 13.5. The average Bonchev–Trinajstić information content (AvgIpc) is 2.67. The van der Waals surface area contributed by atoms with Gasteiger partial charge in [0, 0.05) is 11.3 Å². The minimum atomic E-state index is -0.0655. The molecule has 0 saturated heterocycles. The van der Waals surface area contributed by atoms with Crippen LogP contribution in [0.2, 0.25) is 5.02 Å². The maximum Gasteiger partial charge on any atom is 0.279 e. The molecule has 3 aromatic rings. The zero-order valence-corrected chi connectivity index (χ0v) is 17.0. The minimum Gasteiger partial charge on any atom is -0.497 e. The summed E-state index contributed by atoms with van der Waals surface area (Å²) >= 11 is 6.10. The summed E-state index contributed by atoms with van der Waals surface area (Å²) in [6.45, 7) is 1.10. The maximum absolute atomic E-state index is 12.3. The van der Waals surface area contributed by atoms with Crippen LogP contribution in [-0.2, 0) is 11.3 Å². The number of carbonyl (C=O) groups excluding carboxylic acids is 1. The van der Waals surface area contributed by atoms with E-state index in [1.54, 1.807) is 32.4 Å². The highest BCUT2D eigenvalue weighted by Crippen LogP contribution is 2.27. The molecule has 0 heterocycles. The van der Waals surface area contributed by atoms with Gasteiger partial charge in [-0.15, -0.1) is 0 Å². The first-order valence-corrected chi connectivity index (χ1v) is 9.37. The number of quaternary nitrogens is 1. The van der Waals surface area contributed by atoms with Gasteiger partial charge in [0.25, 0.3) is 5.91 Å². The molecule has 6 heteroatoms. The third kappa shape index (κ3) is 4.94. The predicted molar refractivity (Wildman–Crippen MR) is 113 cm³/mol. The lowest BCUT2D eigenvalue weighted by molar-refractivity contribution is -0.885. The monoisotopic (exact) mass is 399 g/mol. The van der Waals surface area contributed by atoms with E-state index in [9.17, 15) is 4.79 Å². The molecule has 3 aromatic carbocycles. The fourth-order valence-electron chi connectivity index (χ4n) is 3.14. The normalized spacial score (nSPS) is 11.9. The van der Waals surface area contributed by atoms with Crippen LogP contribution in [0.5, 0.6) is 11.5 Å². The van der Waals surface area contributed by atoms with E-state index in [0.29, 0.717) is 23.0 Å². The Kier molecular flexibility index (Phi) is 6.39. The number of amides is 1. The summed E-state index contributed by atoms with van der Waals surface area (Å²) in [7, 11) is 5.22. The summed E-state index contributed by atoms with van der Waals surface area (Å²) in [6, 6.07) is 17.5. The first kappa shape index (κ1) is 20.0. The van der Waals surface area contributed by atoms with Crippen LogP contribution in [0.4, 0.5) is 5.69 Å². The maximum atomic E-state index is 12.3. The zero-order valence-electron chi connectivity index (χ0n) is 16.2. The van der Waals surface area contributed by atoms with Gasteiger partial charge < -0.3 is 19.7 Å². The van der Waals surface area contributed by atoms with E-state index in [2.05, 4.69) is 23.5 Å². The Hall–Kier alpha value is -2.76. The minimum absolute atomic E-state index is 0.0655. The number of likely N-dealkylation sites (N-methyl/N-ethyl adjacent to an activating group) is 1. The van der Waals surface area contributed by atoms with Crippen molar-refractivity contribution in [3.05, 3.63) is 65.2 Å². The number of hydrogen-bond acceptors (Lipinski definition) is 3. The Morgan fingerprint density at radius 3 is 2.46 bits per heavy atom. The number of fused-ring (bicyclic) bond motifs is 1. The Morgan fingerprint density at radius 1 is 1.00 bits per heavy atom. The number of nitrogens with one attached hydrogen (secondary N) is 2. The lowest BCUT2D eigenvalue weighted by atomic mass is 10.1. The molecule has 146 valence electrons. The van der Waals surface area contributed by atoms with Gasteiger partial charge in [-0.05, 0) is 47.2 Å². The van der Waals surface area contributed by atoms with Crippen molar-refractivity contribution in [1.29, 1.82) is 0 Å². The largest absolute Gasteiger partial charge is 0.497 e. The molecule has 1 atom stereocenters. The van der Waals surface area contributed by atoms with E-state index >= 15 is 0 Å². The molecule has 0 aliphatic heterocycles. The molecule has 0 spiro atoms. The van der Waals surface area contributed by atoms with Crippen LogP contribution in [-0.4, -0.2) is 33.7 Å². The lowest BCUT2D eigenvalue weighted by Gasteiger charge is -2.15. The van der Waals surface area contributed by atoms with Crippen LogP contribution in [0.3, 0.4) is 0 Å². The van der Waals surface area contributed by atoms with Gasteiger partial charge in [-0.3, -0.25) is 4.79 Å². The molecule has 2 N–H and O–H groups in total. The van der Waals surface area contributed by atoms with Crippen LogP contribution in [0.25, 0.3) is 10.8 Å². The van der Waals surface area contributed by atoms with Crippen molar-refractivity contribution in [3.8, 4) is 11.5 Å². The molecule has 0 radical (unpaired) electrons. The van der Waals surface area contributed by atoms with Crippen molar-refractivity contribution in [3.63, 3.8) is 0 Å². The lowest BCUT2D eigenvalue weighted by Crippen LogP contribution is -3.08. The van der Waals surface area contributed by atoms with Crippen molar-refractivity contribution >= 4 is 34.0 Å². The van der Waals surface area contributed by atoms with Crippen molar-refractivity contribution < 1.29 is 19.2 Å². The number of halogens is 1. The number of carbonyl (C=O) groups is 1. The van der Waals surface area contributed by atoms with Crippen molar-refractivity contribution in [2.24, 2.45) is 0 Å². The van der Waals surface area contributed by atoms with Crippen LogP contribution < -0.4 is 19.7 Å². The molecular formula is C22H24ClN2O3+. The Balaban J connectivity index is 1.60. The van der Waals surface area contributed by atoms with Crippen molar-refractivity contribution in [2.75, 3.05) is 33.1 Å². The quantitative estimate of drug-likeness (QED) is 0.641. The number of anilines is 1. The molecule has 0 saturated carbocycles. The fourth-order valence-corrected chi connectivity index (χ4v) is 3.40.